The van der Waals surface area contributed by atoms with Gasteiger partial charge in [0.15, 0.2) is 0 Å². The second kappa shape index (κ2) is 5.85. The summed E-state index contributed by atoms with van der Waals surface area (Å²) in [6, 6.07) is 9.53. The van der Waals surface area contributed by atoms with Crippen LogP contribution in [0, 0.1) is 5.92 Å². The third kappa shape index (κ3) is 3.39. The summed E-state index contributed by atoms with van der Waals surface area (Å²) in [6.45, 7) is 13.0. The summed E-state index contributed by atoms with van der Waals surface area (Å²) in [5.74, 6) is 0.699. The highest BCUT2D eigenvalue weighted by Gasteiger charge is 2.40. The molecule has 2 atom stereocenters. The van der Waals surface area contributed by atoms with Crippen LogP contribution in [0.25, 0.3) is 0 Å². The van der Waals surface area contributed by atoms with Crippen LogP contribution in [-0.4, -0.2) is 36.0 Å². The second-order valence-corrected chi connectivity index (χ2v) is 8.42. The van der Waals surface area contributed by atoms with Crippen LogP contribution in [0.5, 0.6) is 0 Å². The summed E-state index contributed by atoms with van der Waals surface area (Å²) in [4.78, 5) is 17.1. The van der Waals surface area contributed by atoms with E-state index in [1.807, 2.05) is 0 Å². The van der Waals surface area contributed by atoms with Crippen LogP contribution in [0.4, 0.5) is 5.69 Å². The molecule has 3 nitrogen and oxygen atoms in total. The molecule has 1 aromatic rings. The van der Waals surface area contributed by atoms with Crippen molar-refractivity contribution in [3.05, 3.63) is 29.8 Å². The van der Waals surface area contributed by atoms with Gasteiger partial charge in [0.1, 0.15) is 0 Å². The van der Waals surface area contributed by atoms with Crippen molar-refractivity contribution in [1.29, 1.82) is 0 Å². The molecule has 3 heteroatoms. The van der Waals surface area contributed by atoms with E-state index in [4.69, 9.17) is 0 Å². The van der Waals surface area contributed by atoms with E-state index in [0.717, 1.165) is 25.9 Å². The lowest BCUT2D eigenvalue weighted by Crippen LogP contribution is -2.59. The normalized spacial score (nSPS) is 25.6. The van der Waals surface area contributed by atoms with Gasteiger partial charge < -0.3 is 9.80 Å². The molecule has 1 saturated carbocycles. The molecule has 0 radical (unpaired) electrons. The number of nitrogens with zero attached hydrogens (tertiary/aromatic N) is 2. The number of hydrogen-bond acceptors (Lipinski definition) is 2. The number of piperazine rings is 1. The van der Waals surface area contributed by atoms with Gasteiger partial charge in [0.05, 0.1) is 0 Å². The molecule has 0 spiro atoms. The van der Waals surface area contributed by atoms with Crippen LogP contribution >= 0.6 is 0 Å². The average Bonchev–Trinajstić information content (AvgIpc) is 3.30. The fourth-order valence-corrected chi connectivity index (χ4v) is 3.68. The molecule has 1 saturated heterocycles. The van der Waals surface area contributed by atoms with E-state index >= 15 is 0 Å². The molecule has 2 fully saturated rings. The van der Waals surface area contributed by atoms with Crippen molar-refractivity contribution in [1.82, 2.24) is 4.90 Å². The first-order valence-electron chi connectivity index (χ1n) is 8.95. The number of amides is 1. The van der Waals surface area contributed by atoms with E-state index in [-0.39, 0.29) is 17.5 Å². The van der Waals surface area contributed by atoms with Gasteiger partial charge in [0.2, 0.25) is 5.91 Å². The maximum Gasteiger partial charge on any atom is 0.226 e. The topological polar surface area (TPSA) is 23.6 Å². The Balaban J connectivity index is 1.72. The predicted molar refractivity (Wildman–Crippen MR) is 95.8 cm³/mol. The fraction of sp³-hybridized carbons (Fsp3) is 0.650. The highest BCUT2D eigenvalue weighted by atomic mass is 16.2. The Morgan fingerprint density at radius 3 is 1.96 bits per heavy atom. The lowest BCUT2D eigenvalue weighted by Gasteiger charge is -2.45. The minimum atomic E-state index is 0.189. The zero-order valence-corrected chi connectivity index (χ0v) is 15.2. The first-order valence-corrected chi connectivity index (χ1v) is 8.95. The number of anilines is 1. The molecular weight excluding hydrogens is 284 g/mol. The van der Waals surface area contributed by atoms with Gasteiger partial charge in [-0.15, -0.1) is 0 Å². The Bertz CT molecular complexity index is 556. The summed E-state index contributed by atoms with van der Waals surface area (Å²) in [5, 5.41) is 0. The van der Waals surface area contributed by atoms with Gasteiger partial charge in [-0.2, -0.15) is 0 Å². The molecule has 0 aromatic heterocycles. The first-order chi connectivity index (χ1) is 10.8. The van der Waals surface area contributed by atoms with E-state index < -0.39 is 0 Å². The number of benzene rings is 1. The molecule has 1 aliphatic carbocycles. The van der Waals surface area contributed by atoms with Crippen LogP contribution in [0.1, 0.15) is 53.0 Å². The van der Waals surface area contributed by atoms with Gasteiger partial charge in [-0.3, -0.25) is 4.79 Å². The molecule has 23 heavy (non-hydrogen) atoms. The molecular formula is C20H30N2O. The average molecular weight is 314 g/mol. The Morgan fingerprint density at radius 1 is 1.00 bits per heavy atom. The largest absolute Gasteiger partial charge is 0.367 e. The van der Waals surface area contributed by atoms with Gasteiger partial charge in [-0.25, -0.2) is 0 Å². The van der Waals surface area contributed by atoms with Crippen molar-refractivity contribution < 1.29 is 4.79 Å². The molecule has 2 aliphatic rings. The Morgan fingerprint density at radius 2 is 1.52 bits per heavy atom. The molecule has 1 amide bonds. The Hall–Kier alpha value is -1.51. The maximum atomic E-state index is 12.5. The molecule has 3 rings (SSSR count). The van der Waals surface area contributed by atoms with E-state index in [1.165, 1.54) is 11.3 Å². The van der Waals surface area contributed by atoms with Crippen molar-refractivity contribution in [3.8, 4) is 0 Å². The predicted octanol–water partition coefficient (Wildman–Crippen LogP) is 3.82. The highest BCUT2D eigenvalue weighted by Crippen LogP contribution is 2.34. The number of hydrogen-bond donors (Lipinski definition) is 0. The summed E-state index contributed by atoms with van der Waals surface area (Å²) < 4.78 is 0. The van der Waals surface area contributed by atoms with E-state index in [1.54, 1.807) is 0 Å². The SMILES string of the molecule is CC1CN(c2ccc(C(C)(C)C)cc2)CC(C)N1C(=O)C1CC1. The smallest absolute Gasteiger partial charge is 0.226 e. The number of rotatable bonds is 2. The quantitative estimate of drug-likeness (QED) is 0.828. The second-order valence-electron chi connectivity index (χ2n) is 8.42. The highest BCUT2D eigenvalue weighted by molar-refractivity contribution is 5.82. The zero-order chi connectivity index (χ0) is 16.8. The standard InChI is InChI=1S/C20H30N2O/c1-14-12-21(13-15(2)22(14)19(23)16-6-7-16)18-10-8-17(9-11-18)20(3,4)5/h8-11,14-16H,6-7,12-13H2,1-5H3. The third-order valence-corrected chi connectivity index (χ3v) is 5.20. The van der Waals surface area contributed by atoms with Gasteiger partial charge in [0.25, 0.3) is 0 Å². The molecule has 126 valence electrons. The summed E-state index contributed by atoms with van der Waals surface area (Å²) in [6.07, 6.45) is 2.18. The molecule has 1 heterocycles. The molecule has 1 aliphatic heterocycles. The minimum absolute atomic E-state index is 0.189. The Labute approximate surface area is 140 Å². The van der Waals surface area contributed by atoms with Crippen molar-refractivity contribution >= 4 is 11.6 Å². The lowest BCUT2D eigenvalue weighted by atomic mass is 9.87. The summed E-state index contributed by atoms with van der Waals surface area (Å²) in [7, 11) is 0. The van der Waals surface area contributed by atoms with Crippen molar-refractivity contribution in [3.63, 3.8) is 0 Å². The monoisotopic (exact) mass is 314 g/mol. The summed E-state index contributed by atoms with van der Waals surface area (Å²) in [5.41, 5.74) is 2.83. The van der Waals surface area contributed by atoms with Gasteiger partial charge in [-0.1, -0.05) is 32.9 Å². The van der Waals surface area contributed by atoms with Gasteiger partial charge in [0, 0.05) is 36.8 Å². The minimum Gasteiger partial charge on any atom is -0.367 e. The van der Waals surface area contributed by atoms with Crippen LogP contribution in [0.3, 0.4) is 0 Å². The van der Waals surface area contributed by atoms with Crippen molar-refractivity contribution in [2.24, 2.45) is 5.92 Å². The number of carbonyl (C=O) groups excluding carboxylic acids is 1. The van der Waals surface area contributed by atoms with E-state index in [2.05, 4.69) is 68.7 Å². The van der Waals surface area contributed by atoms with Crippen LogP contribution < -0.4 is 4.90 Å². The molecule has 2 unspecified atom stereocenters. The molecule has 0 bridgehead atoms. The molecule has 0 N–H and O–H groups in total. The van der Waals surface area contributed by atoms with Gasteiger partial charge >= 0.3 is 0 Å². The van der Waals surface area contributed by atoms with Gasteiger partial charge in [-0.05, 0) is 49.8 Å². The van der Waals surface area contributed by atoms with Crippen LogP contribution in [-0.2, 0) is 10.2 Å². The maximum absolute atomic E-state index is 12.5. The third-order valence-electron chi connectivity index (χ3n) is 5.20. The van der Waals surface area contributed by atoms with Crippen LogP contribution in [0.2, 0.25) is 0 Å². The van der Waals surface area contributed by atoms with Crippen molar-refractivity contribution in [2.45, 2.75) is 65.0 Å². The first kappa shape index (κ1) is 16.4. The van der Waals surface area contributed by atoms with Crippen molar-refractivity contribution in [2.75, 3.05) is 18.0 Å². The Kier molecular flexibility index (Phi) is 4.16. The summed E-state index contributed by atoms with van der Waals surface area (Å²) >= 11 is 0. The van der Waals surface area contributed by atoms with E-state index in [9.17, 15) is 4.79 Å². The van der Waals surface area contributed by atoms with E-state index in [0.29, 0.717) is 11.8 Å². The zero-order valence-electron chi connectivity index (χ0n) is 15.2. The number of carbonyl (C=O) groups is 1. The fourth-order valence-electron chi connectivity index (χ4n) is 3.68. The lowest BCUT2D eigenvalue weighted by molar-refractivity contribution is -0.137. The van der Waals surface area contributed by atoms with Crippen LogP contribution in [0.15, 0.2) is 24.3 Å². The molecule has 1 aromatic carbocycles.